The Balaban J connectivity index is 2.46. The van der Waals surface area contributed by atoms with Gasteiger partial charge in [-0.25, -0.2) is 0 Å². The number of furan rings is 1. The zero-order valence-corrected chi connectivity index (χ0v) is 9.74. The molecule has 0 aliphatic rings. The monoisotopic (exact) mass is 264 g/mol. The van der Waals surface area contributed by atoms with Crippen LogP contribution in [0.15, 0.2) is 45.5 Å². The maximum atomic E-state index is 12.0. The van der Waals surface area contributed by atoms with E-state index in [-0.39, 0.29) is 5.78 Å². The Morgan fingerprint density at radius 3 is 2.60 bits per heavy atom. The molecule has 0 aliphatic heterocycles. The molecule has 0 unspecified atom stereocenters. The number of benzene rings is 1. The van der Waals surface area contributed by atoms with E-state index >= 15 is 0 Å². The minimum atomic E-state index is -0.0926. The van der Waals surface area contributed by atoms with Crippen molar-refractivity contribution >= 4 is 21.7 Å². The molecule has 2 rings (SSSR count). The minimum absolute atomic E-state index is 0.0926. The Morgan fingerprint density at radius 2 is 2.00 bits per heavy atom. The van der Waals surface area contributed by atoms with E-state index in [0.29, 0.717) is 15.8 Å². The normalized spacial score (nSPS) is 10.3. The van der Waals surface area contributed by atoms with E-state index in [9.17, 15) is 4.79 Å². The lowest BCUT2D eigenvalue weighted by molar-refractivity contribution is 0.101. The Hall–Kier alpha value is -1.35. The van der Waals surface area contributed by atoms with Gasteiger partial charge >= 0.3 is 0 Å². The van der Waals surface area contributed by atoms with E-state index in [4.69, 9.17) is 4.42 Å². The molecule has 1 aromatic heterocycles. The van der Waals surface area contributed by atoms with Gasteiger partial charge < -0.3 is 4.42 Å². The number of hydrogen-bond donors (Lipinski definition) is 0. The van der Waals surface area contributed by atoms with Crippen molar-refractivity contribution in [3.8, 4) is 0 Å². The standard InChI is InChI=1S/C12H9BrO2/c1-8-4-2-3-5-9(8)11(14)12-10(13)6-7-15-12/h2-7H,1H3. The highest BCUT2D eigenvalue weighted by molar-refractivity contribution is 9.10. The van der Waals surface area contributed by atoms with Gasteiger partial charge in [-0.2, -0.15) is 0 Å². The van der Waals surface area contributed by atoms with Gasteiger partial charge in [-0.15, -0.1) is 0 Å². The van der Waals surface area contributed by atoms with Crippen molar-refractivity contribution in [1.29, 1.82) is 0 Å². The maximum Gasteiger partial charge on any atom is 0.229 e. The Kier molecular flexibility index (Phi) is 2.73. The molecule has 0 atom stereocenters. The summed E-state index contributed by atoms with van der Waals surface area (Å²) in [5.74, 6) is 0.259. The third-order valence-electron chi connectivity index (χ3n) is 2.21. The molecule has 2 aromatic rings. The lowest BCUT2D eigenvalue weighted by atomic mass is 10.0. The number of hydrogen-bond acceptors (Lipinski definition) is 2. The number of ketones is 1. The lowest BCUT2D eigenvalue weighted by Gasteiger charge is -2.02. The molecule has 76 valence electrons. The summed E-state index contributed by atoms with van der Waals surface area (Å²) in [6, 6.07) is 9.17. The van der Waals surface area contributed by atoms with Gasteiger partial charge in [-0.1, -0.05) is 24.3 Å². The number of carbonyl (C=O) groups excluding carboxylic acids is 1. The van der Waals surface area contributed by atoms with Gasteiger partial charge in [0, 0.05) is 5.56 Å². The van der Waals surface area contributed by atoms with Crippen LogP contribution in [0, 0.1) is 6.92 Å². The summed E-state index contributed by atoms with van der Waals surface area (Å²) in [5, 5.41) is 0. The highest BCUT2D eigenvalue weighted by Crippen LogP contribution is 2.22. The van der Waals surface area contributed by atoms with Crippen molar-refractivity contribution in [1.82, 2.24) is 0 Å². The molecule has 0 N–H and O–H groups in total. The maximum absolute atomic E-state index is 12.0. The average Bonchev–Trinajstić information content (AvgIpc) is 2.64. The number of aryl methyl sites for hydroxylation is 1. The van der Waals surface area contributed by atoms with Crippen LogP contribution in [0.3, 0.4) is 0 Å². The summed E-state index contributed by atoms with van der Waals surface area (Å²) in [6.07, 6.45) is 1.50. The Bertz CT molecular complexity index is 500. The first-order valence-electron chi connectivity index (χ1n) is 4.53. The molecule has 0 aliphatic carbocycles. The van der Waals surface area contributed by atoms with Gasteiger partial charge in [-0.3, -0.25) is 4.79 Å². The third-order valence-corrected chi connectivity index (χ3v) is 2.84. The second-order valence-corrected chi connectivity index (χ2v) is 4.10. The first kappa shape index (κ1) is 10.2. The minimum Gasteiger partial charge on any atom is -0.460 e. The van der Waals surface area contributed by atoms with Crippen molar-refractivity contribution < 1.29 is 9.21 Å². The molecule has 0 amide bonds. The molecule has 3 heteroatoms. The second kappa shape index (κ2) is 4.03. The molecule has 2 nitrogen and oxygen atoms in total. The molecule has 0 saturated heterocycles. The van der Waals surface area contributed by atoms with Crippen LogP contribution >= 0.6 is 15.9 Å². The van der Waals surface area contributed by atoms with Gasteiger partial charge in [-0.05, 0) is 34.5 Å². The van der Waals surface area contributed by atoms with Crippen molar-refractivity contribution in [2.75, 3.05) is 0 Å². The summed E-state index contributed by atoms with van der Waals surface area (Å²) in [4.78, 5) is 12.0. The highest BCUT2D eigenvalue weighted by atomic mass is 79.9. The first-order valence-corrected chi connectivity index (χ1v) is 5.33. The van der Waals surface area contributed by atoms with Gasteiger partial charge in [0.25, 0.3) is 0 Å². The molecule has 1 aromatic carbocycles. The van der Waals surface area contributed by atoms with Crippen molar-refractivity contribution in [2.24, 2.45) is 0 Å². The molecule has 0 saturated carbocycles. The summed E-state index contributed by atoms with van der Waals surface area (Å²) < 4.78 is 5.83. The largest absolute Gasteiger partial charge is 0.460 e. The molecule has 0 radical (unpaired) electrons. The van der Waals surface area contributed by atoms with E-state index in [2.05, 4.69) is 15.9 Å². The van der Waals surface area contributed by atoms with Crippen LogP contribution in [0.2, 0.25) is 0 Å². The van der Waals surface area contributed by atoms with Gasteiger partial charge in [0.15, 0.2) is 5.76 Å². The Morgan fingerprint density at radius 1 is 1.27 bits per heavy atom. The van der Waals surface area contributed by atoms with Crippen LogP contribution in [0.1, 0.15) is 21.7 Å². The molecular weight excluding hydrogens is 256 g/mol. The van der Waals surface area contributed by atoms with Crippen molar-refractivity contribution in [3.05, 3.63) is 58.0 Å². The van der Waals surface area contributed by atoms with Crippen LogP contribution in [-0.4, -0.2) is 5.78 Å². The average molecular weight is 265 g/mol. The van der Waals surface area contributed by atoms with Crippen LogP contribution < -0.4 is 0 Å². The molecule has 0 fully saturated rings. The smallest absolute Gasteiger partial charge is 0.229 e. The predicted octanol–water partition coefficient (Wildman–Crippen LogP) is 3.58. The highest BCUT2D eigenvalue weighted by Gasteiger charge is 2.17. The zero-order chi connectivity index (χ0) is 10.8. The van der Waals surface area contributed by atoms with Crippen LogP contribution in [0.5, 0.6) is 0 Å². The summed E-state index contributed by atoms with van der Waals surface area (Å²) in [7, 11) is 0. The lowest BCUT2D eigenvalue weighted by Crippen LogP contribution is -2.02. The molecule has 15 heavy (non-hydrogen) atoms. The van der Waals surface area contributed by atoms with E-state index in [0.717, 1.165) is 5.56 Å². The summed E-state index contributed by atoms with van der Waals surface area (Å²) >= 11 is 3.27. The van der Waals surface area contributed by atoms with Gasteiger partial charge in [0.1, 0.15) is 0 Å². The topological polar surface area (TPSA) is 30.2 Å². The fraction of sp³-hybridized carbons (Fsp3) is 0.0833. The van der Waals surface area contributed by atoms with E-state index < -0.39 is 0 Å². The quantitative estimate of drug-likeness (QED) is 0.777. The summed E-state index contributed by atoms with van der Waals surface area (Å²) in [6.45, 7) is 1.91. The third kappa shape index (κ3) is 1.88. The number of halogens is 1. The van der Waals surface area contributed by atoms with Gasteiger partial charge in [0.2, 0.25) is 5.78 Å². The van der Waals surface area contributed by atoms with E-state index in [1.54, 1.807) is 12.1 Å². The first-order chi connectivity index (χ1) is 7.20. The SMILES string of the molecule is Cc1ccccc1C(=O)c1occc1Br. The van der Waals surface area contributed by atoms with Crippen molar-refractivity contribution in [3.63, 3.8) is 0 Å². The molecular formula is C12H9BrO2. The summed E-state index contributed by atoms with van der Waals surface area (Å²) in [5.41, 5.74) is 1.62. The second-order valence-electron chi connectivity index (χ2n) is 3.24. The van der Waals surface area contributed by atoms with Crippen LogP contribution in [0.25, 0.3) is 0 Å². The molecule has 1 heterocycles. The Labute approximate surface area is 96.0 Å². The molecule has 0 bridgehead atoms. The van der Waals surface area contributed by atoms with E-state index in [1.807, 2.05) is 25.1 Å². The number of rotatable bonds is 2. The van der Waals surface area contributed by atoms with Crippen LogP contribution in [-0.2, 0) is 0 Å². The number of carbonyl (C=O) groups is 1. The fourth-order valence-corrected chi connectivity index (χ4v) is 1.79. The van der Waals surface area contributed by atoms with E-state index in [1.165, 1.54) is 6.26 Å². The predicted molar refractivity (Wildman–Crippen MR) is 61.0 cm³/mol. The fourth-order valence-electron chi connectivity index (χ4n) is 1.41. The zero-order valence-electron chi connectivity index (χ0n) is 8.16. The van der Waals surface area contributed by atoms with Crippen molar-refractivity contribution in [2.45, 2.75) is 6.92 Å². The van der Waals surface area contributed by atoms with Crippen LogP contribution in [0.4, 0.5) is 0 Å². The van der Waals surface area contributed by atoms with Gasteiger partial charge in [0.05, 0.1) is 10.7 Å². The molecule has 0 spiro atoms.